The van der Waals surface area contributed by atoms with Crippen molar-refractivity contribution >= 4 is 0 Å². The van der Waals surface area contributed by atoms with Crippen molar-refractivity contribution in [3.63, 3.8) is 0 Å². The second-order valence-electron chi connectivity index (χ2n) is 6.44. The molecule has 0 radical (unpaired) electrons. The average molecular weight is 269 g/mol. The van der Waals surface area contributed by atoms with Gasteiger partial charge in [-0.1, -0.05) is 111 Å². The van der Waals surface area contributed by atoms with Crippen molar-refractivity contribution in [3.8, 4) is 0 Å². The Morgan fingerprint density at radius 2 is 0.842 bits per heavy atom. The summed E-state index contributed by atoms with van der Waals surface area (Å²) in [6.07, 6.45) is 18.7. The number of unbranched alkanes of at least 4 members (excludes halogenated alkanes) is 5. The molecule has 116 valence electrons. The monoisotopic (exact) mass is 268 g/mol. The fraction of sp³-hybridized carbons (Fsp3) is 1.00. The normalized spacial score (nSPS) is 14.5. The number of hydrogen-bond acceptors (Lipinski definition) is 0. The minimum atomic E-state index is 1.03. The molecular formula is C19H40. The summed E-state index contributed by atoms with van der Waals surface area (Å²) >= 11 is 0. The zero-order valence-corrected chi connectivity index (χ0v) is 14.3. The summed E-state index contributed by atoms with van der Waals surface area (Å²) in [4.78, 5) is 0. The van der Waals surface area contributed by atoms with Gasteiger partial charge in [-0.15, -0.1) is 0 Å². The van der Waals surface area contributed by atoms with Crippen LogP contribution in [0.5, 0.6) is 0 Å². The van der Waals surface area contributed by atoms with E-state index in [1.807, 2.05) is 0 Å². The molecule has 0 spiro atoms. The molecule has 0 saturated carbocycles. The molecular weight excluding hydrogens is 228 g/mol. The van der Waals surface area contributed by atoms with Gasteiger partial charge in [0.1, 0.15) is 0 Å². The molecule has 0 aromatic rings. The zero-order valence-electron chi connectivity index (χ0n) is 14.3. The summed E-state index contributed by atoms with van der Waals surface area (Å²) in [5, 5.41) is 0. The first-order valence-corrected chi connectivity index (χ1v) is 9.29. The van der Waals surface area contributed by atoms with Crippen LogP contribution in [0.1, 0.15) is 111 Å². The van der Waals surface area contributed by atoms with Crippen LogP contribution in [0.15, 0.2) is 0 Å². The molecule has 2 atom stereocenters. The van der Waals surface area contributed by atoms with Crippen LogP contribution in [0.3, 0.4) is 0 Å². The van der Waals surface area contributed by atoms with Crippen LogP contribution in [0, 0.1) is 11.8 Å². The molecule has 0 nitrogen and oxygen atoms in total. The highest BCUT2D eigenvalue weighted by atomic mass is 14.2. The van der Waals surface area contributed by atoms with Crippen LogP contribution in [-0.2, 0) is 0 Å². The Labute approximate surface area is 123 Å². The number of hydrogen-bond donors (Lipinski definition) is 0. The van der Waals surface area contributed by atoms with Gasteiger partial charge in [0, 0.05) is 0 Å². The van der Waals surface area contributed by atoms with E-state index in [0.29, 0.717) is 0 Å². The molecule has 0 aliphatic rings. The smallest absolute Gasteiger partial charge is 0.0386 e. The molecule has 19 heavy (non-hydrogen) atoms. The van der Waals surface area contributed by atoms with Crippen LogP contribution >= 0.6 is 0 Å². The second kappa shape index (κ2) is 14.4. The van der Waals surface area contributed by atoms with E-state index in [9.17, 15) is 0 Å². The van der Waals surface area contributed by atoms with Gasteiger partial charge in [-0.05, 0) is 11.8 Å². The minimum absolute atomic E-state index is 1.03. The molecule has 0 N–H and O–H groups in total. The van der Waals surface area contributed by atoms with Crippen LogP contribution in [0.4, 0.5) is 0 Å². The molecule has 0 aliphatic carbocycles. The van der Waals surface area contributed by atoms with E-state index in [0.717, 1.165) is 11.8 Å². The summed E-state index contributed by atoms with van der Waals surface area (Å²) in [5.74, 6) is 2.06. The predicted molar refractivity (Wildman–Crippen MR) is 89.7 cm³/mol. The van der Waals surface area contributed by atoms with E-state index in [4.69, 9.17) is 0 Å². The van der Waals surface area contributed by atoms with Crippen molar-refractivity contribution in [1.29, 1.82) is 0 Å². The summed E-state index contributed by atoms with van der Waals surface area (Å²) < 4.78 is 0. The quantitative estimate of drug-likeness (QED) is 0.288. The first-order chi connectivity index (χ1) is 9.29. The molecule has 0 aliphatic heterocycles. The Bertz CT molecular complexity index is 161. The van der Waals surface area contributed by atoms with E-state index in [1.165, 1.54) is 83.5 Å². The lowest BCUT2D eigenvalue weighted by Gasteiger charge is -2.27. The molecule has 0 aromatic heterocycles. The van der Waals surface area contributed by atoms with Crippen LogP contribution in [0.2, 0.25) is 0 Å². The number of rotatable bonds is 14. The Morgan fingerprint density at radius 1 is 0.421 bits per heavy atom. The van der Waals surface area contributed by atoms with E-state index < -0.39 is 0 Å². The lowest BCUT2D eigenvalue weighted by Crippen LogP contribution is -2.15. The molecule has 2 unspecified atom stereocenters. The molecule has 0 rings (SSSR count). The minimum Gasteiger partial charge on any atom is -0.0654 e. The maximum atomic E-state index is 2.37. The third-order valence-electron chi connectivity index (χ3n) is 4.61. The maximum Gasteiger partial charge on any atom is -0.0386 e. The summed E-state index contributed by atoms with van der Waals surface area (Å²) in [5.41, 5.74) is 0. The van der Waals surface area contributed by atoms with Crippen molar-refractivity contribution < 1.29 is 0 Å². The van der Waals surface area contributed by atoms with E-state index >= 15 is 0 Å². The maximum absolute atomic E-state index is 2.37. The first-order valence-electron chi connectivity index (χ1n) is 9.29. The summed E-state index contributed by atoms with van der Waals surface area (Å²) in [7, 11) is 0. The third-order valence-corrected chi connectivity index (χ3v) is 4.61. The third kappa shape index (κ3) is 10.4. The Kier molecular flexibility index (Phi) is 14.4. The van der Waals surface area contributed by atoms with E-state index in [2.05, 4.69) is 27.7 Å². The summed E-state index contributed by atoms with van der Waals surface area (Å²) in [6.45, 7) is 9.36. The molecule has 0 bridgehead atoms. The van der Waals surface area contributed by atoms with Crippen LogP contribution < -0.4 is 0 Å². The standard InChI is InChI=1S/C19H40/c1-5-9-12-16-18(14-8-4)19(15-11-7-3)17-13-10-6-2/h18-19H,5-17H2,1-4H3. The highest BCUT2D eigenvalue weighted by molar-refractivity contribution is 4.71. The first kappa shape index (κ1) is 19.0. The topological polar surface area (TPSA) is 0 Å². The van der Waals surface area contributed by atoms with Crippen molar-refractivity contribution in [3.05, 3.63) is 0 Å². The van der Waals surface area contributed by atoms with Gasteiger partial charge in [0.05, 0.1) is 0 Å². The van der Waals surface area contributed by atoms with Gasteiger partial charge in [-0.2, -0.15) is 0 Å². The molecule has 0 amide bonds. The highest BCUT2D eigenvalue weighted by Crippen LogP contribution is 2.32. The van der Waals surface area contributed by atoms with Gasteiger partial charge in [0.25, 0.3) is 0 Å². The summed E-state index contributed by atoms with van der Waals surface area (Å²) in [6, 6.07) is 0. The van der Waals surface area contributed by atoms with E-state index in [1.54, 1.807) is 0 Å². The average Bonchev–Trinajstić information content (AvgIpc) is 2.42. The van der Waals surface area contributed by atoms with Crippen molar-refractivity contribution in [2.45, 2.75) is 111 Å². The van der Waals surface area contributed by atoms with Gasteiger partial charge in [-0.3, -0.25) is 0 Å². The van der Waals surface area contributed by atoms with Crippen LogP contribution in [0.25, 0.3) is 0 Å². The zero-order chi connectivity index (χ0) is 14.3. The Morgan fingerprint density at radius 3 is 1.26 bits per heavy atom. The van der Waals surface area contributed by atoms with Gasteiger partial charge in [-0.25, -0.2) is 0 Å². The van der Waals surface area contributed by atoms with Gasteiger partial charge in [0.2, 0.25) is 0 Å². The Balaban J connectivity index is 4.24. The predicted octanol–water partition coefficient (Wildman–Crippen LogP) is 7.37. The highest BCUT2D eigenvalue weighted by Gasteiger charge is 2.19. The molecule has 0 saturated heterocycles. The van der Waals surface area contributed by atoms with Gasteiger partial charge in [0.15, 0.2) is 0 Å². The lowest BCUT2D eigenvalue weighted by molar-refractivity contribution is 0.243. The van der Waals surface area contributed by atoms with Crippen molar-refractivity contribution in [1.82, 2.24) is 0 Å². The fourth-order valence-corrected chi connectivity index (χ4v) is 3.38. The lowest BCUT2D eigenvalue weighted by atomic mass is 9.78. The molecule has 0 heterocycles. The van der Waals surface area contributed by atoms with Crippen LogP contribution in [-0.4, -0.2) is 0 Å². The van der Waals surface area contributed by atoms with Crippen molar-refractivity contribution in [2.75, 3.05) is 0 Å². The van der Waals surface area contributed by atoms with Gasteiger partial charge >= 0.3 is 0 Å². The molecule has 0 fully saturated rings. The molecule has 0 aromatic carbocycles. The largest absolute Gasteiger partial charge is 0.0654 e. The fourth-order valence-electron chi connectivity index (χ4n) is 3.38. The second-order valence-corrected chi connectivity index (χ2v) is 6.44. The van der Waals surface area contributed by atoms with Gasteiger partial charge < -0.3 is 0 Å². The Hall–Kier alpha value is 0. The van der Waals surface area contributed by atoms with E-state index in [-0.39, 0.29) is 0 Å². The molecule has 0 heteroatoms. The van der Waals surface area contributed by atoms with Crippen molar-refractivity contribution in [2.24, 2.45) is 11.8 Å². The SMILES string of the molecule is CCCCCC(CCC)C(CCCC)CCCCC.